The van der Waals surface area contributed by atoms with Crippen LogP contribution in [0.1, 0.15) is 56.7 Å². The van der Waals surface area contributed by atoms with Crippen LogP contribution in [0.25, 0.3) is 0 Å². The lowest BCUT2D eigenvalue weighted by molar-refractivity contribution is -0.130. The Morgan fingerprint density at radius 2 is 2.24 bits per heavy atom. The van der Waals surface area contributed by atoms with Gasteiger partial charge in [-0.1, -0.05) is 5.16 Å². The summed E-state index contributed by atoms with van der Waals surface area (Å²) in [7, 11) is 0. The molecule has 154 valence electrons. The molecule has 1 saturated heterocycles. The van der Waals surface area contributed by atoms with Gasteiger partial charge in [0.25, 0.3) is 5.89 Å². The van der Waals surface area contributed by atoms with Crippen molar-refractivity contribution < 1.29 is 13.7 Å². The van der Waals surface area contributed by atoms with Gasteiger partial charge in [-0.05, 0) is 51.0 Å². The number of rotatable bonds is 4. The summed E-state index contributed by atoms with van der Waals surface area (Å²) in [5.41, 5.74) is 1.98. The number of hydrogen-bond acceptors (Lipinski definition) is 6. The molecule has 29 heavy (non-hydrogen) atoms. The third kappa shape index (κ3) is 4.03. The van der Waals surface area contributed by atoms with E-state index < -0.39 is 5.95 Å². The predicted octanol–water partition coefficient (Wildman–Crippen LogP) is 3.57. The van der Waals surface area contributed by atoms with E-state index in [1.807, 2.05) is 4.90 Å². The van der Waals surface area contributed by atoms with E-state index in [0.717, 1.165) is 25.0 Å². The van der Waals surface area contributed by atoms with Gasteiger partial charge >= 0.3 is 0 Å². The van der Waals surface area contributed by atoms with E-state index in [4.69, 9.17) is 16.1 Å². The van der Waals surface area contributed by atoms with Crippen molar-refractivity contribution >= 4 is 29.9 Å². The molecule has 1 amide bonds. The third-order valence-electron chi connectivity index (χ3n) is 5.91. The van der Waals surface area contributed by atoms with Gasteiger partial charge in [0, 0.05) is 30.5 Å². The van der Waals surface area contributed by atoms with Crippen LogP contribution >= 0.6 is 11.6 Å². The number of allylic oxidation sites excluding steroid dienone is 2. The molecule has 0 N–H and O–H groups in total. The fraction of sp³-hybridized carbons (Fsp3) is 0.550. The standard InChI is InChI=1S/C20H23ClFN5O2/c1-11-12(7-17(22)23-2)3-5-15-6-4-13(10-27(15)20(11)28)18-25-19(29-26-18)16-8-14(21)9-24-16/h7,13-15H,2-6,8-10H2,1H3. The number of hydrogen-bond donors (Lipinski definition) is 0. The van der Waals surface area contributed by atoms with Gasteiger partial charge < -0.3 is 9.42 Å². The zero-order valence-electron chi connectivity index (χ0n) is 16.3. The Morgan fingerprint density at radius 3 is 2.97 bits per heavy atom. The Bertz CT molecular complexity index is 922. The number of piperidine rings is 1. The Balaban J connectivity index is 1.52. The molecule has 4 heterocycles. The SMILES string of the molecule is C=NC(F)=CC1=C(C)C(=O)N2CC(c3noc(C4=NCC(Cl)C4)n3)CCC2CC1. The average Bonchev–Trinajstić information content (AvgIpc) is 3.36. The van der Waals surface area contributed by atoms with E-state index in [-0.39, 0.29) is 23.2 Å². The van der Waals surface area contributed by atoms with Gasteiger partial charge in [0.1, 0.15) is 5.71 Å². The Morgan fingerprint density at radius 1 is 1.41 bits per heavy atom. The fourth-order valence-electron chi connectivity index (χ4n) is 4.24. The zero-order chi connectivity index (χ0) is 20.5. The van der Waals surface area contributed by atoms with E-state index in [2.05, 4.69) is 26.8 Å². The van der Waals surface area contributed by atoms with Crippen LogP contribution in [0.15, 0.2) is 37.7 Å². The lowest BCUT2D eigenvalue weighted by Crippen LogP contribution is -2.46. The number of carbonyl (C=O) groups is 1. The molecule has 0 bridgehead atoms. The van der Waals surface area contributed by atoms with Crippen LogP contribution in [-0.4, -0.2) is 57.9 Å². The molecule has 0 radical (unpaired) electrons. The lowest BCUT2D eigenvalue weighted by Gasteiger charge is -2.38. The molecule has 1 aromatic heterocycles. The number of halogens is 2. The molecule has 0 aromatic carbocycles. The quantitative estimate of drug-likeness (QED) is 0.424. The Labute approximate surface area is 173 Å². The second kappa shape index (κ2) is 8.18. The molecule has 3 atom stereocenters. The van der Waals surface area contributed by atoms with Gasteiger partial charge in [-0.15, -0.1) is 11.6 Å². The van der Waals surface area contributed by atoms with Crippen LogP contribution < -0.4 is 0 Å². The summed E-state index contributed by atoms with van der Waals surface area (Å²) >= 11 is 6.10. The monoisotopic (exact) mass is 419 g/mol. The van der Waals surface area contributed by atoms with E-state index >= 15 is 0 Å². The minimum atomic E-state index is -0.668. The van der Waals surface area contributed by atoms with Gasteiger partial charge in [0.2, 0.25) is 11.9 Å². The van der Waals surface area contributed by atoms with E-state index in [1.165, 1.54) is 6.08 Å². The molecule has 0 aliphatic carbocycles. The third-order valence-corrected chi connectivity index (χ3v) is 6.20. The van der Waals surface area contributed by atoms with Crippen LogP contribution in [0.4, 0.5) is 4.39 Å². The fourth-order valence-corrected chi connectivity index (χ4v) is 4.46. The first-order chi connectivity index (χ1) is 14.0. The summed E-state index contributed by atoms with van der Waals surface area (Å²) in [4.78, 5) is 27.1. The number of alkyl halides is 1. The molecule has 0 spiro atoms. The van der Waals surface area contributed by atoms with Crippen LogP contribution in [-0.2, 0) is 4.79 Å². The molecule has 0 saturated carbocycles. The zero-order valence-corrected chi connectivity index (χ0v) is 17.0. The normalized spacial score (nSPS) is 28.3. The van der Waals surface area contributed by atoms with Crippen molar-refractivity contribution in [1.82, 2.24) is 15.0 Å². The molecule has 1 aromatic rings. The second-order valence-corrected chi connectivity index (χ2v) is 8.36. The number of carbonyl (C=O) groups excluding carboxylic acids is 1. The molecule has 3 aliphatic heterocycles. The summed E-state index contributed by atoms with van der Waals surface area (Å²) in [5.74, 6) is 0.272. The van der Waals surface area contributed by atoms with Crippen LogP contribution in [0.5, 0.6) is 0 Å². The molecular formula is C20H23ClFN5O2. The topological polar surface area (TPSA) is 84.0 Å². The van der Waals surface area contributed by atoms with Gasteiger partial charge in [-0.25, -0.2) is 4.99 Å². The van der Waals surface area contributed by atoms with Crippen molar-refractivity contribution in [3.8, 4) is 0 Å². The first kappa shape index (κ1) is 19.9. The minimum Gasteiger partial charge on any atom is -0.335 e. The number of nitrogens with zero attached hydrogens (tertiary/aromatic N) is 5. The molecular weight excluding hydrogens is 397 g/mol. The van der Waals surface area contributed by atoms with Gasteiger partial charge in [-0.2, -0.15) is 9.37 Å². The highest BCUT2D eigenvalue weighted by atomic mass is 35.5. The molecule has 1 fully saturated rings. The maximum Gasteiger partial charge on any atom is 0.271 e. The Kier molecular flexibility index (Phi) is 5.63. The smallest absolute Gasteiger partial charge is 0.271 e. The van der Waals surface area contributed by atoms with Crippen molar-refractivity contribution in [2.24, 2.45) is 9.98 Å². The molecule has 3 aliphatic rings. The van der Waals surface area contributed by atoms with Gasteiger partial charge in [-0.3, -0.25) is 9.79 Å². The summed E-state index contributed by atoms with van der Waals surface area (Å²) in [6, 6.07) is 0.127. The van der Waals surface area contributed by atoms with Gasteiger partial charge in [0.05, 0.1) is 11.9 Å². The van der Waals surface area contributed by atoms with Crippen molar-refractivity contribution in [2.45, 2.75) is 56.4 Å². The van der Waals surface area contributed by atoms with E-state index in [9.17, 15) is 9.18 Å². The maximum atomic E-state index is 13.6. The highest BCUT2D eigenvalue weighted by Crippen LogP contribution is 2.35. The van der Waals surface area contributed by atoms with Crippen molar-refractivity contribution in [1.29, 1.82) is 0 Å². The van der Waals surface area contributed by atoms with E-state index in [1.54, 1.807) is 6.92 Å². The first-order valence-corrected chi connectivity index (χ1v) is 10.3. The summed E-state index contributed by atoms with van der Waals surface area (Å²) in [5, 5.41) is 4.12. The summed E-state index contributed by atoms with van der Waals surface area (Å²) in [6.45, 7) is 6.01. The van der Waals surface area contributed by atoms with Crippen LogP contribution in [0, 0.1) is 0 Å². The predicted molar refractivity (Wildman–Crippen MR) is 108 cm³/mol. The van der Waals surface area contributed by atoms with Crippen LogP contribution in [0.2, 0.25) is 0 Å². The molecule has 3 unspecified atom stereocenters. The first-order valence-electron chi connectivity index (χ1n) is 9.82. The molecule has 4 rings (SSSR count). The van der Waals surface area contributed by atoms with Gasteiger partial charge in [0.15, 0.2) is 5.82 Å². The largest absolute Gasteiger partial charge is 0.335 e. The van der Waals surface area contributed by atoms with Crippen molar-refractivity contribution in [3.63, 3.8) is 0 Å². The molecule has 9 heteroatoms. The van der Waals surface area contributed by atoms with E-state index in [0.29, 0.717) is 48.8 Å². The minimum absolute atomic E-state index is 0.00188. The number of aliphatic imine (C=N–C) groups is 2. The second-order valence-electron chi connectivity index (χ2n) is 7.75. The summed E-state index contributed by atoms with van der Waals surface area (Å²) < 4.78 is 19.0. The van der Waals surface area contributed by atoms with Crippen molar-refractivity contribution in [2.75, 3.05) is 13.1 Å². The van der Waals surface area contributed by atoms with Crippen molar-refractivity contribution in [3.05, 3.63) is 34.9 Å². The number of aromatic nitrogens is 2. The number of amides is 1. The average molecular weight is 420 g/mol. The highest BCUT2D eigenvalue weighted by Gasteiger charge is 2.37. The van der Waals surface area contributed by atoms with Crippen LogP contribution in [0.3, 0.4) is 0 Å². The Hall–Kier alpha value is -2.35. The lowest BCUT2D eigenvalue weighted by atomic mass is 9.90. The number of fused-ring (bicyclic) bond motifs is 1. The summed E-state index contributed by atoms with van der Waals surface area (Å²) in [6.07, 6.45) is 5.07. The highest BCUT2D eigenvalue weighted by molar-refractivity contribution is 6.23. The molecule has 7 nitrogen and oxygen atoms in total. The maximum absolute atomic E-state index is 13.6.